The number of pyridine rings is 1. The molecule has 0 fully saturated rings. The van der Waals surface area contributed by atoms with Crippen molar-refractivity contribution in [2.45, 2.75) is 4.90 Å². The normalized spacial score (nSPS) is 10.9. The first-order chi connectivity index (χ1) is 15.4. The number of nitrogens with one attached hydrogen (secondary N) is 2. The minimum absolute atomic E-state index is 0.0705. The molecule has 1 aromatic heterocycles. The number of aromatic nitrogens is 1. The van der Waals surface area contributed by atoms with Crippen molar-refractivity contribution in [3.05, 3.63) is 72.4 Å². The van der Waals surface area contributed by atoms with Crippen LogP contribution in [-0.2, 0) is 14.8 Å². The molecule has 3 aromatic rings. The maximum Gasteiger partial charge on any atom is 0.262 e. The molecule has 0 unspecified atom stereocenters. The first-order valence-corrected chi connectivity index (χ1v) is 11.1. The van der Waals surface area contributed by atoms with Crippen molar-refractivity contribution in [2.24, 2.45) is 0 Å². The van der Waals surface area contributed by atoms with Crippen molar-refractivity contribution in [1.29, 1.82) is 0 Å². The van der Waals surface area contributed by atoms with Gasteiger partial charge in [0.15, 0.2) is 0 Å². The topological polar surface area (TPSA) is 116 Å². The van der Waals surface area contributed by atoms with E-state index in [0.717, 1.165) is 0 Å². The van der Waals surface area contributed by atoms with E-state index in [2.05, 4.69) is 15.0 Å². The first kappa shape index (κ1) is 23.0. The van der Waals surface area contributed by atoms with E-state index in [1.807, 2.05) is 0 Å². The SMILES string of the molecule is COCCOc1ncccc1NC(=O)c1cccc(S(=O)(=O)Nc2ccccc2OC)c1. The molecule has 0 spiro atoms. The van der Waals surface area contributed by atoms with E-state index in [1.54, 1.807) is 43.5 Å². The summed E-state index contributed by atoms with van der Waals surface area (Å²) in [5.41, 5.74) is 0.798. The smallest absolute Gasteiger partial charge is 0.262 e. The molecular weight excluding hydrogens is 434 g/mol. The fourth-order valence-corrected chi connectivity index (χ4v) is 3.87. The van der Waals surface area contributed by atoms with E-state index in [1.165, 1.54) is 37.6 Å². The summed E-state index contributed by atoms with van der Waals surface area (Å²) in [6.07, 6.45) is 1.54. The Labute approximate surface area is 186 Å². The average Bonchev–Trinajstić information content (AvgIpc) is 2.80. The van der Waals surface area contributed by atoms with Crippen LogP contribution in [0.5, 0.6) is 11.6 Å². The number of rotatable bonds is 10. The molecule has 0 saturated carbocycles. The summed E-state index contributed by atoms with van der Waals surface area (Å²) >= 11 is 0. The van der Waals surface area contributed by atoms with Gasteiger partial charge in [-0.3, -0.25) is 9.52 Å². The van der Waals surface area contributed by atoms with Crippen molar-refractivity contribution in [2.75, 3.05) is 37.5 Å². The van der Waals surface area contributed by atoms with Gasteiger partial charge < -0.3 is 19.5 Å². The van der Waals surface area contributed by atoms with Gasteiger partial charge in [0.25, 0.3) is 15.9 Å². The number of amides is 1. The zero-order valence-electron chi connectivity index (χ0n) is 17.6. The zero-order valence-corrected chi connectivity index (χ0v) is 18.4. The number of benzene rings is 2. The van der Waals surface area contributed by atoms with E-state index in [0.29, 0.717) is 18.0 Å². The van der Waals surface area contributed by atoms with Gasteiger partial charge in [0.05, 0.1) is 24.3 Å². The third-order valence-electron chi connectivity index (χ3n) is 4.30. The average molecular weight is 458 g/mol. The third-order valence-corrected chi connectivity index (χ3v) is 5.67. The third kappa shape index (κ3) is 5.74. The maximum atomic E-state index is 12.9. The molecule has 3 rings (SSSR count). The number of nitrogens with zero attached hydrogens (tertiary/aromatic N) is 1. The Morgan fingerprint density at radius 1 is 0.969 bits per heavy atom. The van der Waals surface area contributed by atoms with E-state index in [4.69, 9.17) is 14.2 Å². The number of carbonyl (C=O) groups excluding carboxylic acids is 1. The van der Waals surface area contributed by atoms with E-state index >= 15 is 0 Å². The van der Waals surface area contributed by atoms with Gasteiger partial charge in [-0.05, 0) is 42.5 Å². The summed E-state index contributed by atoms with van der Waals surface area (Å²) in [5.74, 6) is 0.103. The lowest BCUT2D eigenvalue weighted by Crippen LogP contribution is -2.17. The molecule has 1 amide bonds. The molecule has 0 bridgehead atoms. The van der Waals surface area contributed by atoms with Crippen LogP contribution >= 0.6 is 0 Å². The van der Waals surface area contributed by atoms with Crippen molar-refractivity contribution < 1.29 is 27.4 Å². The highest BCUT2D eigenvalue weighted by atomic mass is 32.2. The Morgan fingerprint density at radius 2 is 1.75 bits per heavy atom. The molecule has 0 aliphatic rings. The second kappa shape index (κ2) is 10.6. The van der Waals surface area contributed by atoms with Crippen LogP contribution in [0.1, 0.15) is 10.4 Å². The monoisotopic (exact) mass is 457 g/mol. The molecule has 0 aliphatic heterocycles. The Balaban J connectivity index is 1.79. The lowest BCUT2D eigenvalue weighted by atomic mass is 10.2. The predicted octanol–water partition coefficient (Wildman–Crippen LogP) is 3.17. The van der Waals surface area contributed by atoms with Gasteiger partial charge in [-0.2, -0.15) is 0 Å². The van der Waals surface area contributed by atoms with Gasteiger partial charge in [-0.1, -0.05) is 18.2 Å². The number of ether oxygens (including phenoxy) is 3. The summed E-state index contributed by atoms with van der Waals surface area (Å²) in [5, 5.41) is 2.70. The quantitative estimate of drug-likeness (QED) is 0.449. The molecule has 32 heavy (non-hydrogen) atoms. The van der Waals surface area contributed by atoms with Crippen LogP contribution in [0.15, 0.2) is 71.8 Å². The number of hydrogen-bond acceptors (Lipinski definition) is 7. The van der Waals surface area contributed by atoms with E-state index in [-0.39, 0.29) is 28.6 Å². The second-order valence-electron chi connectivity index (χ2n) is 6.49. The van der Waals surface area contributed by atoms with Crippen molar-refractivity contribution >= 4 is 27.3 Å². The first-order valence-electron chi connectivity index (χ1n) is 9.58. The fraction of sp³-hybridized carbons (Fsp3) is 0.182. The molecule has 1 heterocycles. The summed E-state index contributed by atoms with van der Waals surface area (Å²) in [7, 11) is -0.961. The summed E-state index contributed by atoms with van der Waals surface area (Å²) in [6.45, 7) is 0.627. The zero-order chi connectivity index (χ0) is 23.0. The fourth-order valence-electron chi connectivity index (χ4n) is 2.75. The minimum Gasteiger partial charge on any atom is -0.495 e. The van der Waals surface area contributed by atoms with Crippen LogP contribution in [0.3, 0.4) is 0 Å². The van der Waals surface area contributed by atoms with Crippen molar-refractivity contribution in [3.8, 4) is 11.6 Å². The number of para-hydroxylation sites is 2. The van der Waals surface area contributed by atoms with Gasteiger partial charge in [0.1, 0.15) is 18.0 Å². The Kier molecular flexibility index (Phi) is 7.63. The number of hydrogen-bond donors (Lipinski definition) is 2. The van der Waals surface area contributed by atoms with Gasteiger partial charge in [-0.25, -0.2) is 13.4 Å². The Morgan fingerprint density at radius 3 is 2.53 bits per heavy atom. The molecule has 0 atom stereocenters. The molecule has 2 N–H and O–H groups in total. The molecule has 0 radical (unpaired) electrons. The van der Waals surface area contributed by atoms with Gasteiger partial charge >= 0.3 is 0 Å². The molecular formula is C22H23N3O6S. The molecule has 0 saturated heterocycles. The molecule has 168 valence electrons. The standard InChI is InChI=1S/C22H23N3O6S/c1-29-13-14-31-22-19(10-6-12-23-22)24-21(26)16-7-5-8-17(15-16)32(27,28)25-18-9-3-4-11-20(18)30-2/h3-12,15,25H,13-14H2,1-2H3,(H,24,26). The maximum absolute atomic E-state index is 12.9. The lowest BCUT2D eigenvalue weighted by Gasteiger charge is -2.13. The highest BCUT2D eigenvalue weighted by Crippen LogP contribution is 2.27. The van der Waals surface area contributed by atoms with Crippen LogP contribution in [0, 0.1) is 0 Å². The van der Waals surface area contributed by atoms with E-state index < -0.39 is 15.9 Å². The largest absolute Gasteiger partial charge is 0.495 e. The molecule has 9 nitrogen and oxygen atoms in total. The number of methoxy groups -OCH3 is 2. The minimum atomic E-state index is -3.96. The Bertz CT molecular complexity index is 1180. The number of sulfonamides is 1. The number of anilines is 2. The summed E-state index contributed by atoms with van der Waals surface area (Å²) < 4.78 is 43.9. The van der Waals surface area contributed by atoms with Crippen LogP contribution in [0.2, 0.25) is 0 Å². The number of carbonyl (C=O) groups is 1. The molecule has 0 aliphatic carbocycles. The van der Waals surface area contributed by atoms with Crippen LogP contribution in [-0.4, -0.2) is 46.7 Å². The second-order valence-corrected chi connectivity index (χ2v) is 8.17. The van der Waals surface area contributed by atoms with Crippen LogP contribution in [0.25, 0.3) is 0 Å². The van der Waals surface area contributed by atoms with E-state index in [9.17, 15) is 13.2 Å². The van der Waals surface area contributed by atoms with Crippen LogP contribution in [0.4, 0.5) is 11.4 Å². The van der Waals surface area contributed by atoms with Crippen molar-refractivity contribution in [3.63, 3.8) is 0 Å². The molecule has 2 aromatic carbocycles. The van der Waals surface area contributed by atoms with Gasteiger partial charge in [-0.15, -0.1) is 0 Å². The highest BCUT2D eigenvalue weighted by molar-refractivity contribution is 7.92. The molecule has 10 heteroatoms. The Hall–Kier alpha value is -3.63. The predicted molar refractivity (Wildman–Crippen MR) is 120 cm³/mol. The van der Waals surface area contributed by atoms with Crippen molar-refractivity contribution in [1.82, 2.24) is 4.98 Å². The van der Waals surface area contributed by atoms with Crippen LogP contribution < -0.4 is 19.5 Å². The van der Waals surface area contributed by atoms with Gasteiger partial charge in [0.2, 0.25) is 5.88 Å². The lowest BCUT2D eigenvalue weighted by molar-refractivity contribution is 0.102. The highest BCUT2D eigenvalue weighted by Gasteiger charge is 2.19. The summed E-state index contributed by atoms with van der Waals surface area (Å²) in [6, 6.07) is 15.6. The summed E-state index contributed by atoms with van der Waals surface area (Å²) in [4.78, 5) is 16.8. The van der Waals surface area contributed by atoms with Gasteiger partial charge in [0, 0.05) is 18.9 Å².